The number of halogens is 3. The summed E-state index contributed by atoms with van der Waals surface area (Å²) in [6.07, 6.45) is 0. The van der Waals surface area contributed by atoms with Gasteiger partial charge in [-0.25, -0.2) is 4.98 Å². The molecule has 0 saturated carbocycles. The maximum absolute atomic E-state index is 11.1. The lowest BCUT2D eigenvalue weighted by atomic mass is 10.2. The van der Waals surface area contributed by atoms with E-state index in [-0.39, 0.29) is 16.7 Å². The van der Waals surface area contributed by atoms with Gasteiger partial charge in [0.05, 0.1) is 16.6 Å². The number of rotatable bonds is 5. The van der Waals surface area contributed by atoms with Gasteiger partial charge in [0.1, 0.15) is 11.0 Å². The van der Waals surface area contributed by atoms with Crippen LogP contribution in [-0.4, -0.2) is 24.0 Å². The zero-order valence-corrected chi connectivity index (χ0v) is 12.4. The highest BCUT2D eigenvalue weighted by Gasteiger charge is 2.17. The second-order valence-electron chi connectivity index (χ2n) is 4.31. The lowest BCUT2D eigenvalue weighted by molar-refractivity contribution is -0.116. The minimum Gasteiger partial charge on any atom is -0.368 e. The van der Waals surface area contributed by atoms with Crippen LogP contribution in [0, 0.1) is 5.92 Å². The fourth-order valence-corrected chi connectivity index (χ4v) is 2.12. The molecule has 0 spiro atoms. The van der Waals surface area contributed by atoms with Crippen LogP contribution in [0.25, 0.3) is 0 Å². The number of carbonyl (C=O) groups excluding carboxylic acids is 1. The zero-order valence-electron chi connectivity index (χ0n) is 10.1. The number of amides is 1. The van der Waals surface area contributed by atoms with E-state index >= 15 is 0 Å². The van der Waals surface area contributed by atoms with E-state index in [0.717, 1.165) is 0 Å². The average Bonchev–Trinajstić information content (AvgIpc) is 2.21. The first kappa shape index (κ1) is 15.3. The Hall–Kier alpha value is -0.710. The van der Waals surface area contributed by atoms with Crippen LogP contribution in [0.1, 0.15) is 13.8 Å². The van der Waals surface area contributed by atoms with Gasteiger partial charge in [0.2, 0.25) is 5.91 Å². The van der Waals surface area contributed by atoms with E-state index in [1.54, 1.807) is 4.90 Å². The lowest BCUT2D eigenvalue weighted by Crippen LogP contribution is -2.37. The quantitative estimate of drug-likeness (QED) is 0.851. The normalized spacial score (nSPS) is 10.8. The number of carbonyl (C=O) groups is 1. The standard InChI is InChI=1S/C11H14Cl3N3O/c1-6(2)4-17(5-9(15)18)11-8(13)3-7(12)10(14)16-11/h3,6H,4-5H2,1-2H3,(H2,15,18). The number of pyridine rings is 1. The minimum atomic E-state index is -0.459. The molecular weight excluding hydrogens is 296 g/mol. The van der Waals surface area contributed by atoms with Crippen LogP contribution in [0.2, 0.25) is 15.2 Å². The first-order valence-electron chi connectivity index (χ1n) is 5.36. The predicted octanol–water partition coefficient (Wildman–Crippen LogP) is 2.99. The first-order valence-corrected chi connectivity index (χ1v) is 6.49. The van der Waals surface area contributed by atoms with Gasteiger partial charge in [-0.05, 0) is 12.0 Å². The number of anilines is 1. The number of hydrogen-bond donors (Lipinski definition) is 1. The third kappa shape index (κ3) is 4.19. The molecule has 0 saturated heterocycles. The fourth-order valence-electron chi connectivity index (χ4n) is 1.51. The van der Waals surface area contributed by atoms with E-state index in [1.165, 1.54) is 6.07 Å². The highest BCUT2D eigenvalue weighted by atomic mass is 35.5. The van der Waals surface area contributed by atoms with Crippen LogP contribution < -0.4 is 10.6 Å². The smallest absolute Gasteiger partial charge is 0.236 e. The van der Waals surface area contributed by atoms with Crippen LogP contribution in [-0.2, 0) is 4.79 Å². The van der Waals surface area contributed by atoms with Gasteiger partial charge in [0.25, 0.3) is 0 Å². The molecule has 0 aliphatic heterocycles. The molecule has 0 fully saturated rings. The molecule has 1 amide bonds. The molecule has 4 nitrogen and oxygen atoms in total. The highest BCUT2D eigenvalue weighted by Crippen LogP contribution is 2.31. The number of hydrogen-bond acceptors (Lipinski definition) is 3. The van der Waals surface area contributed by atoms with Gasteiger partial charge >= 0.3 is 0 Å². The van der Waals surface area contributed by atoms with Crippen molar-refractivity contribution in [3.63, 3.8) is 0 Å². The summed E-state index contributed by atoms with van der Waals surface area (Å²) in [5, 5.41) is 0.759. The van der Waals surface area contributed by atoms with Crippen molar-refractivity contribution in [3.05, 3.63) is 21.3 Å². The van der Waals surface area contributed by atoms with Gasteiger partial charge in [-0.15, -0.1) is 0 Å². The van der Waals surface area contributed by atoms with Gasteiger partial charge in [-0.2, -0.15) is 0 Å². The summed E-state index contributed by atoms with van der Waals surface area (Å²) in [5.74, 6) is 0.273. The molecule has 1 heterocycles. The monoisotopic (exact) mass is 309 g/mol. The Bertz CT molecular complexity index is 451. The molecule has 0 aromatic carbocycles. The molecular formula is C11H14Cl3N3O. The summed E-state index contributed by atoms with van der Waals surface area (Å²) >= 11 is 17.7. The maximum Gasteiger partial charge on any atom is 0.236 e. The van der Waals surface area contributed by atoms with Crippen molar-refractivity contribution in [2.75, 3.05) is 18.0 Å². The number of aromatic nitrogens is 1. The Balaban J connectivity index is 3.11. The minimum absolute atomic E-state index is 0.0306. The molecule has 1 aromatic rings. The lowest BCUT2D eigenvalue weighted by Gasteiger charge is -2.25. The molecule has 1 rings (SSSR count). The van der Waals surface area contributed by atoms with Crippen molar-refractivity contribution < 1.29 is 4.79 Å². The summed E-state index contributed by atoms with van der Waals surface area (Å²) < 4.78 is 0. The summed E-state index contributed by atoms with van der Waals surface area (Å²) in [7, 11) is 0. The highest BCUT2D eigenvalue weighted by molar-refractivity contribution is 6.42. The van der Waals surface area contributed by atoms with Crippen LogP contribution in [0.4, 0.5) is 5.82 Å². The topological polar surface area (TPSA) is 59.2 Å². The van der Waals surface area contributed by atoms with Gasteiger partial charge in [0, 0.05) is 6.54 Å². The van der Waals surface area contributed by atoms with Crippen LogP contribution in [0.5, 0.6) is 0 Å². The largest absolute Gasteiger partial charge is 0.368 e. The predicted molar refractivity (Wildman–Crippen MR) is 75.5 cm³/mol. The summed E-state index contributed by atoms with van der Waals surface area (Å²) in [6.45, 7) is 4.65. The van der Waals surface area contributed by atoms with Crippen LogP contribution in [0.15, 0.2) is 6.07 Å². The van der Waals surface area contributed by atoms with Gasteiger partial charge in [-0.1, -0.05) is 48.7 Å². The molecule has 0 aliphatic rings. The van der Waals surface area contributed by atoms with E-state index in [2.05, 4.69) is 4.98 Å². The van der Waals surface area contributed by atoms with E-state index < -0.39 is 5.91 Å². The second-order valence-corrected chi connectivity index (χ2v) is 5.48. The number of nitrogens with zero attached hydrogens (tertiary/aromatic N) is 2. The summed E-state index contributed by atoms with van der Waals surface area (Å²) in [5.41, 5.74) is 5.21. The Morgan fingerprint density at radius 2 is 2.00 bits per heavy atom. The molecule has 7 heteroatoms. The molecule has 1 aromatic heterocycles. The van der Waals surface area contributed by atoms with Crippen LogP contribution in [0.3, 0.4) is 0 Å². The molecule has 18 heavy (non-hydrogen) atoms. The van der Waals surface area contributed by atoms with Gasteiger partial charge < -0.3 is 10.6 Å². The number of nitrogens with two attached hydrogens (primary N) is 1. The zero-order chi connectivity index (χ0) is 13.9. The third-order valence-corrected chi connectivity index (χ3v) is 3.05. The molecule has 2 N–H and O–H groups in total. The third-order valence-electron chi connectivity index (χ3n) is 2.10. The van der Waals surface area contributed by atoms with E-state index in [4.69, 9.17) is 40.5 Å². The van der Waals surface area contributed by atoms with Crippen molar-refractivity contribution >= 4 is 46.5 Å². The SMILES string of the molecule is CC(C)CN(CC(N)=O)c1nc(Cl)c(Cl)cc1Cl. The van der Waals surface area contributed by atoms with Gasteiger partial charge in [0.15, 0.2) is 0 Å². The van der Waals surface area contributed by atoms with Crippen molar-refractivity contribution in [1.29, 1.82) is 0 Å². The van der Waals surface area contributed by atoms with E-state index in [9.17, 15) is 4.79 Å². The Kier molecular flexibility index (Phi) is 5.50. The number of primary amides is 1. The molecule has 0 bridgehead atoms. The molecule has 0 radical (unpaired) electrons. The van der Waals surface area contributed by atoms with Crippen molar-refractivity contribution in [1.82, 2.24) is 4.98 Å². The Labute approximate surface area is 121 Å². The van der Waals surface area contributed by atoms with Crippen molar-refractivity contribution in [2.24, 2.45) is 11.7 Å². The second kappa shape index (κ2) is 6.45. The summed E-state index contributed by atoms with van der Waals surface area (Å²) in [4.78, 5) is 16.9. The average molecular weight is 311 g/mol. The van der Waals surface area contributed by atoms with Gasteiger partial charge in [-0.3, -0.25) is 4.79 Å². The molecule has 100 valence electrons. The van der Waals surface area contributed by atoms with Crippen molar-refractivity contribution in [2.45, 2.75) is 13.8 Å². The van der Waals surface area contributed by atoms with E-state index in [0.29, 0.717) is 23.3 Å². The van der Waals surface area contributed by atoms with Crippen molar-refractivity contribution in [3.8, 4) is 0 Å². The first-order chi connectivity index (χ1) is 8.31. The maximum atomic E-state index is 11.1. The molecule has 0 unspecified atom stereocenters. The fraction of sp³-hybridized carbons (Fsp3) is 0.455. The van der Waals surface area contributed by atoms with Crippen LogP contribution >= 0.6 is 34.8 Å². The Morgan fingerprint density at radius 3 is 2.50 bits per heavy atom. The molecule has 0 atom stereocenters. The van der Waals surface area contributed by atoms with E-state index in [1.807, 2.05) is 13.8 Å². The summed E-state index contributed by atoms with van der Waals surface area (Å²) in [6, 6.07) is 1.50. The Morgan fingerprint density at radius 1 is 1.39 bits per heavy atom. The molecule has 0 aliphatic carbocycles.